The van der Waals surface area contributed by atoms with Gasteiger partial charge in [-0.2, -0.15) is 0 Å². The molecule has 5 nitrogen and oxygen atoms in total. The molecular weight excluding hydrogens is 434 g/mol. The first-order valence-electron chi connectivity index (χ1n) is 10.0. The molecule has 1 fully saturated rings. The molecule has 1 saturated carbocycles. The van der Waals surface area contributed by atoms with Crippen LogP contribution in [0.4, 0.5) is 4.79 Å². The van der Waals surface area contributed by atoms with Crippen molar-refractivity contribution >= 4 is 32.8 Å². The van der Waals surface area contributed by atoms with Crippen LogP contribution in [0.15, 0.2) is 34.8 Å². The highest BCUT2D eigenvalue weighted by molar-refractivity contribution is 9.10. The van der Waals surface area contributed by atoms with E-state index in [1.165, 1.54) is 0 Å². The van der Waals surface area contributed by atoms with Gasteiger partial charge in [-0.05, 0) is 51.2 Å². The van der Waals surface area contributed by atoms with Crippen LogP contribution >= 0.6 is 15.9 Å². The zero-order valence-electron chi connectivity index (χ0n) is 17.6. The van der Waals surface area contributed by atoms with E-state index in [0.29, 0.717) is 19.8 Å². The monoisotopic (exact) mass is 463 g/mol. The second kappa shape index (κ2) is 8.52. The normalized spacial score (nSPS) is 15.3. The summed E-state index contributed by atoms with van der Waals surface area (Å²) in [6.45, 7) is 7.88. The summed E-state index contributed by atoms with van der Waals surface area (Å²) in [6, 6.07) is 10.0. The molecule has 0 bridgehead atoms. The molecule has 1 aliphatic rings. The van der Waals surface area contributed by atoms with Crippen molar-refractivity contribution in [3.05, 3.63) is 40.4 Å². The van der Waals surface area contributed by atoms with Crippen molar-refractivity contribution in [3.63, 3.8) is 0 Å². The van der Waals surface area contributed by atoms with Gasteiger partial charge in [0, 0.05) is 30.0 Å². The van der Waals surface area contributed by atoms with E-state index < -0.39 is 6.09 Å². The van der Waals surface area contributed by atoms with Crippen molar-refractivity contribution in [2.24, 2.45) is 5.41 Å². The van der Waals surface area contributed by atoms with Gasteiger partial charge in [0.25, 0.3) is 0 Å². The molecule has 29 heavy (non-hydrogen) atoms. The summed E-state index contributed by atoms with van der Waals surface area (Å²) < 4.78 is 12.1. The maximum absolute atomic E-state index is 12.2. The van der Waals surface area contributed by atoms with E-state index in [1.54, 1.807) is 12.0 Å². The lowest BCUT2D eigenvalue weighted by Crippen LogP contribution is -2.48. The molecule has 1 aliphatic carbocycles. The highest BCUT2D eigenvalue weighted by Gasteiger charge is 2.58. The quantitative estimate of drug-likeness (QED) is 0.482. The molecule has 158 valence electrons. The molecule has 1 N–H and O–H groups in total. The van der Waals surface area contributed by atoms with Gasteiger partial charge in [0.2, 0.25) is 0 Å². The molecule has 0 spiro atoms. The maximum atomic E-state index is 12.2. The van der Waals surface area contributed by atoms with Crippen molar-refractivity contribution in [1.29, 1.82) is 0 Å². The average Bonchev–Trinajstić information content (AvgIpc) is 3.47. The fourth-order valence-corrected chi connectivity index (χ4v) is 4.68. The van der Waals surface area contributed by atoms with Gasteiger partial charge in [-0.1, -0.05) is 45.0 Å². The van der Waals surface area contributed by atoms with Gasteiger partial charge < -0.3 is 14.6 Å². The number of carbonyl (C=O) groups is 1. The number of nitrogens with zero attached hydrogens (tertiary/aromatic N) is 1. The Hall–Kier alpha value is -1.79. The zero-order chi connectivity index (χ0) is 21.2. The number of hydrogen-bond acceptors (Lipinski definition) is 3. The lowest BCUT2D eigenvalue weighted by molar-refractivity contribution is 0.0628. The number of rotatable bonds is 8. The van der Waals surface area contributed by atoms with Crippen LogP contribution in [0.3, 0.4) is 0 Å². The lowest BCUT2D eigenvalue weighted by atomic mass is 9.82. The lowest BCUT2D eigenvalue weighted by Gasteiger charge is -2.39. The van der Waals surface area contributed by atoms with E-state index >= 15 is 0 Å². The second-order valence-electron chi connectivity index (χ2n) is 8.74. The van der Waals surface area contributed by atoms with Gasteiger partial charge in [0.15, 0.2) is 0 Å². The molecule has 2 aromatic carbocycles. The summed E-state index contributed by atoms with van der Waals surface area (Å²) in [6.07, 6.45) is 1.72. The number of hydrogen-bond donors (Lipinski definition) is 1. The Bertz CT molecular complexity index is 886. The van der Waals surface area contributed by atoms with Gasteiger partial charge in [0.1, 0.15) is 5.75 Å². The van der Waals surface area contributed by atoms with Crippen LogP contribution in [-0.4, -0.2) is 42.0 Å². The summed E-state index contributed by atoms with van der Waals surface area (Å²) in [5.41, 5.74) is 0.487. The Morgan fingerprint density at radius 1 is 1.21 bits per heavy atom. The molecule has 3 rings (SSSR count). The summed E-state index contributed by atoms with van der Waals surface area (Å²) >= 11 is 3.73. The first-order chi connectivity index (χ1) is 13.7. The van der Waals surface area contributed by atoms with Crippen molar-refractivity contribution in [2.75, 3.05) is 20.3 Å². The molecule has 0 aliphatic heterocycles. The predicted octanol–water partition coefficient (Wildman–Crippen LogP) is 6.08. The third kappa shape index (κ3) is 4.38. The summed E-state index contributed by atoms with van der Waals surface area (Å²) in [5.74, 6) is 0.779. The standard InChI is InChI=1S/C23H30BrNO4/c1-22(2,3)23(10-11-23)25(21(26)27)15-16-14-19(29-13-7-12-28-4)17-8-5-6-9-18(17)20(16)24/h5-6,8-9,14H,7,10-13,15H2,1-4H3,(H,26,27). The third-order valence-corrected chi connectivity index (χ3v) is 6.90. The number of methoxy groups -OCH3 is 1. The van der Waals surface area contributed by atoms with Gasteiger partial charge in [0.05, 0.1) is 18.7 Å². The van der Waals surface area contributed by atoms with E-state index in [4.69, 9.17) is 9.47 Å². The fourth-order valence-electron chi connectivity index (χ4n) is 4.10. The highest BCUT2D eigenvalue weighted by atomic mass is 79.9. The van der Waals surface area contributed by atoms with E-state index in [9.17, 15) is 9.90 Å². The van der Waals surface area contributed by atoms with E-state index in [-0.39, 0.29) is 11.0 Å². The number of amides is 1. The Balaban J connectivity index is 1.98. The molecule has 1 amide bonds. The minimum Gasteiger partial charge on any atom is -0.493 e. The van der Waals surface area contributed by atoms with Gasteiger partial charge in [-0.15, -0.1) is 0 Å². The fraction of sp³-hybridized carbons (Fsp3) is 0.522. The second-order valence-corrected chi connectivity index (χ2v) is 9.53. The zero-order valence-corrected chi connectivity index (χ0v) is 19.2. The van der Waals surface area contributed by atoms with Gasteiger partial charge >= 0.3 is 6.09 Å². The Morgan fingerprint density at radius 2 is 1.86 bits per heavy atom. The Labute approximate surface area is 181 Å². The largest absolute Gasteiger partial charge is 0.493 e. The molecule has 0 unspecified atom stereocenters. The van der Waals surface area contributed by atoms with E-state index in [2.05, 4.69) is 36.7 Å². The van der Waals surface area contributed by atoms with Crippen LogP contribution in [0.2, 0.25) is 0 Å². The van der Waals surface area contributed by atoms with E-state index in [0.717, 1.165) is 45.8 Å². The SMILES string of the molecule is COCCCOc1cc(CN(C(=O)O)C2(C(C)(C)C)CC2)c(Br)c2ccccc12. The summed E-state index contributed by atoms with van der Waals surface area (Å²) in [7, 11) is 1.68. The summed E-state index contributed by atoms with van der Waals surface area (Å²) in [5, 5.41) is 12.1. The third-order valence-electron chi connectivity index (χ3n) is 5.96. The molecule has 6 heteroatoms. The topological polar surface area (TPSA) is 59.0 Å². The number of carboxylic acid groups (broad SMARTS) is 1. The van der Waals surface area contributed by atoms with Crippen LogP contribution < -0.4 is 4.74 Å². The van der Waals surface area contributed by atoms with Gasteiger partial charge in [-0.3, -0.25) is 4.90 Å². The first-order valence-corrected chi connectivity index (χ1v) is 10.8. The van der Waals surface area contributed by atoms with Crippen LogP contribution in [0.5, 0.6) is 5.75 Å². The maximum Gasteiger partial charge on any atom is 0.408 e. The first kappa shape index (κ1) is 21.9. The van der Waals surface area contributed by atoms with E-state index in [1.807, 2.05) is 30.3 Å². The Morgan fingerprint density at radius 3 is 2.41 bits per heavy atom. The van der Waals surface area contributed by atoms with Crippen LogP contribution in [0.1, 0.15) is 45.6 Å². The number of fused-ring (bicyclic) bond motifs is 1. The minimum absolute atomic E-state index is 0.117. The number of ether oxygens (including phenoxy) is 2. The van der Waals surface area contributed by atoms with Crippen molar-refractivity contribution in [3.8, 4) is 5.75 Å². The molecule has 0 saturated heterocycles. The predicted molar refractivity (Wildman–Crippen MR) is 119 cm³/mol. The van der Waals surface area contributed by atoms with Gasteiger partial charge in [-0.25, -0.2) is 4.79 Å². The van der Waals surface area contributed by atoms with Crippen molar-refractivity contribution < 1.29 is 19.4 Å². The molecule has 0 radical (unpaired) electrons. The number of benzene rings is 2. The molecule has 2 aromatic rings. The molecule has 0 heterocycles. The highest BCUT2D eigenvalue weighted by Crippen LogP contribution is 2.55. The van der Waals surface area contributed by atoms with Crippen molar-refractivity contribution in [2.45, 2.75) is 52.1 Å². The van der Waals surface area contributed by atoms with Crippen LogP contribution in [-0.2, 0) is 11.3 Å². The molecule has 0 atom stereocenters. The smallest absolute Gasteiger partial charge is 0.408 e. The minimum atomic E-state index is -0.875. The molecular formula is C23H30BrNO4. The van der Waals surface area contributed by atoms with Crippen molar-refractivity contribution in [1.82, 2.24) is 4.90 Å². The number of halogens is 1. The average molecular weight is 464 g/mol. The molecule has 0 aromatic heterocycles. The Kier molecular flexibility index (Phi) is 6.44. The van der Waals surface area contributed by atoms with Crippen LogP contribution in [0.25, 0.3) is 10.8 Å². The summed E-state index contributed by atoms with van der Waals surface area (Å²) in [4.78, 5) is 13.8. The van der Waals surface area contributed by atoms with Crippen LogP contribution in [0, 0.1) is 5.41 Å².